The molecular formula is C24H20N2O2. The number of carbonyl (C=O) groups is 1. The van der Waals surface area contributed by atoms with Crippen LogP contribution in [0.2, 0.25) is 0 Å². The first-order valence-corrected chi connectivity index (χ1v) is 9.06. The average Bonchev–Trinajstić information content (AvgIpc) is 2.74. The van der Waals surface area contributed by atoms with Gasteiger partial charge in [0.1, 0.15) is 5.75 Å². The highest BCUT2D eigenvalue weighted by atomic mass is 16.5. The van der Waals surface area contributed by atoms with E-state index in [0.29, 0.717) is 5.56 Å². The Labute approximate surface area is 163 Å². The van der Waals surface area contributed by atoms with Gasteiger partial charge in [0.15, 0.2) is 0 Å². The van der Waals surface area contributed by atoms with Gasteiger partial charge in [0.05, 0.1) is 23.9 Å². The van der Waals surface area contributed by atoms with Crippen LogP contribution >= 0.6 is 0 Å². The molecule has 0 aliphatic heterocycles. The molecule has 4 heteroatoms. The standard InChI is InChI=1S/C24H20N2O2/c1-16-7-11-18(12-8-16)25-24(27)21-15-23(17-9-13-19(28-2)14-10-17)26-22-6-4-3-5-20(21)22/h3-15H,1-2H3,(H,25,27). The topological polar surface area (TPSA) is 51.2 Å². The second-order valence-electron chi connectivity index (χ2n) is 6.62. The number of para-hydroxylation sites is 1. The first-order valence-electron chi connectivity index (χ1n) is 9.06. The lowest BCUT2D eigenvalue weighted by molar-refractivity contribution is 0.102. The fourth-order valence-electron chi connectivity index (χ4n) is 3.11. The van der Waals surface area contributed by atoms with Gasteiger partial charge in [-0.25, -0.2) is 4.98 Å². The fraction of sp³-hybridized carbons (Fsp3) is 0.0833. The minimum Gasteiger partial charge on any atom is -0.497 e. The quantitative estimate of drug-likeness (QED) is 0.519. The van der Waals surface area contributed by atoms with Crippen molar-refractivity contribution >= 4 is 22.5 Å². The minimum atomic E-state index is -0.155. The van der Waals surface area contributed by atoms with E-state index in [1.165, 1.54) is 0 Å². The lowest BCUT2D eigenvalue weighted by Gasteiger charge is -2.11. The normalized spacial score (nSPS) is 10.6. The van der Waals surface area contributed by atoms with Gasteiger partial charge in [-0.1, -0.05) is 35.9 Å². The number of carbonyl (C=O) groups excluding carboxylic acids is 1. The van der Waals surface area contributed by atoms with Crippen LogP contribution in [-0.2, 0) is 0 Å². The van der Waals surface area contributed by atoms with Crippen molar-refractivity contribution in [1.29, 1.82) is 0 Å². The second-order valence-corrected chi connectivity index (χ2v) is 6.62. The van der Waals surface area contributed by atoms with E-state index in [1.807, 2.05) is 85.8 Å². The molecule has 0 atom stereocenters. The number of benzene rings is 3. The number of aromatic nitrogens is 1. The molecule has 28 heavy (non-hydrogen) atoms. The van der Waals surface area contributed by atoms with Gasteiger partial charge in [0, 0.05) is 16.6 Å². The van der Waals surface area contributed by atoms with E-state index in [1.54, 1.807) is 7.11 Å². The molecule has 0 aliphatic carbocycles. The van der Waals surface area contributed by atoms with Crippen LogP contribution in [0, 0.1) is 6.92 Å². The van der Waals surface area contributed by atoms with Crippen LogP contribution in [0.4, 0.5) is 5.69 Å². The number of hydrogen-bond acceptors (Lipinski definition) is 3. The summed E-state index contributed by atoms with van der Waals surface area (Å²) >= 11 is 0. The molecule has 0 fully saturated rings. The van der Waals surface area contributed by atoms with Crippen molar-refractivity contribution in [3.8, 4) is 17.0 Å². The van der Waals surface area contributed by atoms with Gasteiger partial charge >= 0.3 is 0 Å². The number of amides is 1. The van der Waals surface area contributed by atoms with E-state index < -0.39 is 0 Å². The SMILES string of the molecule is COc1ccc(-c2cc(C(=O)Nc3ccc(C)cc3)c3ccccc3n2)cc1. The summed E-state index contributed by atoms with van der Waals surface area (Å²) in [7, 11) is 1.64. The fourth-order valence-corrected chi connectivity index (χ4v) is 3.11. The monoisotopic (exact) mass is 368 g/mol. The summed E-state index contributed by atoms with van der Waals surface area (Å²) < 4.78 is 5.23. The van der Waals surface area contributed by atoms with Crippen molar-refractivity contribution < 1.29 is 9.53 Å². The van der Waals surface area contributed by atoms with Gasteiger partial charge in [0.2, 0.25) is 0 Å². The lowest BCUT2D eigenvalue weighted by Crippen LogP contribution is -2.13. The van der Waals surface area contributed by atoms with E-state index in [-0.39, 0.29) is 5.91 Å². The molecule has 4 aromatic rings. The Morgan fingerprint density at radius 2 is 1.64 bits per heavy atom. The number of anilines is 1. The first-order chi connectivity index (χ1) is 13.6. The summed E-state index contributed by atoms with van der Waals surface area (Å²) in [5.41, 5.74) is 4.96. The Balaban J connectivity index is 1.77. The van der Waals surface area contributed by atoms with Crippen molar-refractivity contribution in [3.05, 3.63) is 90.0 Å². The highest BCUT2D eigenvalue weighted by molar-refractivity contribution is 6.13. The van der Waals surface area contributed by atoms with E-state index in [4.69, 9.17) is 9.72 Å². The van der Waals surface area contributed by atoms with E-state index in [2.05, 4.69) is 5.32 Å². The molecular weight excluding hydrogens is 348 g/mol. The molecule has 4 nitrogen and oxygen atoms in total. The molecule has 1 aromatic heterocycles. The van der Waals surface area contributed by atoms with Crippen molar-refractivity contribution in [3.63, 3.8) is 0 Å². The Kier molecular flexibility index (Phi) is 4.77. The molecule has 0 bridgehead atoms. The predicted octanol–water partition coefficient (Wildman–Crippen LogP) is 5.47. The van der Waals surface area contributed by atoms with Gasteiger partial charge in [-0.3, -0.25) is 4.79 Å². The number of fused-ring (bicyclic) bond motifs is 1. The van der Waals surface area contributed by atoms with Crippen LogP contribution in [0.1, 0.15) is 15.9 Å². The van der Waals surface area contributed by atoms with E-state index in [9.17, 15) is 4.79 Å². The maximum atomic E-state index is 13.0. The third-order valence-electron chi connectivity index (χ3n) is 4.66. The summed E-state index contributed by atoms with van der Waals surface area (Å²) in [6.07, 6.45) is 0. The Bertz CT molecular complexity index is 1130. The molecule has 1 heterocycles. The molecule has 0 saturated carbocycles. The average molecular weight is 368 g/mol. The van der Waals surface area contributed by atoms with Crippen molar-refractivity contribution in [2.75, 3.05) is 12.4 Å². The van der Waals surface area contributed by atoms with Crippen LogP contribution in [0.25, 0.3) is 22.2 Å². The van der Waals surface area contributed by atoms with Gasteiger partial charge in [-0.05, 0) is 55.5 Å². The molecule has 1 N–H and O–H groups in total. The largest absolute Gasteiger partial charge is 0.497 e. The molecule has 0 unspecified atom stereocenters. The Morgan fingerprint density at radius 1 is 0.929 bits per heavy atom. The number of aryl methyl sites for hydroxylation is 1. The molecule has 0 radical (unpaired) electrons. The molecule has 0 spiro atoms. The van der Waals surface area contributed by atoms with Gasteiger partial charge in [-0.2, -0.15) is 0 Å². The van der Waals surface area contributed by atoms with Crippen molar-refractivity contribution in [2.24, 2.45) is 0 Å². The van der Waals surface area contributed by atoms with Crippen LogP contribution in [0.5, 0.6) is 5.75 Å². The van der Waals surface area contributed by atoms with Gasteiger partial charge in [-0.15, -0.1) is 0 Å². The third-order valence-corrected chi connectivity index (χ3v) is 4.66. The summed E-state index contributed by atoms with van der Waals surface area (Å²) in [5, 5.41) is 3.81. The van der Waals surface area contributed by atoms with Gasteiger partial charge in [0.25, 0.3) is 5.91 Å². The lowest BCUT2D eigenvalue weighted by atomic mass is 10.0. The Hall–Kier alpha value is -3.66. The maximum Gasteiger partial charge on any atom is 0.256 e. The summed E-state index contributed by atoms with van der Waals surface area (Å²) in [6, 6.07) is 24.9. The number of hydrogen-bond donors (Lipinski definition) is 1. The summed E-state index contributed by atoms with van der Waals surface area (Å²) in [4.78, 5) is 17.8. The predicted molar refractivity (Wildman–Crippen MR) is 113 cm³/mol. The minimum absolute atomic E-state index is 0.155. The van der Waals surface area contributed by atoms with Crippen LogP contribution < -0.4 is 10.1 Å². The van der Waals surface area contributed by atoms with Crippen LogP contribution in [-0.4, -0.2) is 18.0 Å². The number of rotatable bonds is 4. The van der Waals surface area contributed by atoms with E-state index >= 15 is 0 Å². The maximum absolute atomic E-state index is 13.0. The number of pyridine rings is 1. The van der Waals surface area contributed by atoms with E-state index in [0.717, 1.165) is 39.2 Å². The van der Waals surface area contributed by atoms with Crippen molar-refractivity contribution in [1.82, 2.24) is 4.98 Å². The van der Waals surface area contributed by atoms with Crippen LogP contribution in [0.3, 0.4) is 0 Å². The number of methoxy groups -OCH3 is 1. The summed E-state index contributed by atoms with van der Waals surface area (Å²) in [6.45, 7) is 2.02. The molecule has 138 valence electrons. The Morgan fingerprint density at radius 3 is 2.36 bits per heavy atom. The number of ether oxygens (including phenoxy) is 1. The zero-order valence-corrected chi connectivity index (χ0v) is 15.8. The smallest absolute Gasteiger partial charge is 0.256 e. The van der Waals surface area contributed by atoms with Crippen LogP contribution in [0.15, 0.2) is 78.9 Å². The van der Waals surface area contributed by atoms with Gasteiger partial charge < -0.3 is 10.1 Å². The molecule has 3 aromatic carbocycles. The molecule has 0 aliphatic rings. The summed E-state index contributed by atoms with van der Waals surface area (Å²) in [5.74, 6) is 0.624. The highest BCUT2D eigenvalue weighted by Gasteiger charge is 2.14. The first kappa shape index (κ1) is 17.7. The third kappa shape index (κ3) is 3.58. The second kappa shape index (κ2) is 7.53. The molecule has 0 saturated heterocycles. The zero-order valence-electron chi connectivity index (χ0n) is 15.8. The number of nitrogens with one attached hydrogen (secondary N) is 1. The zero-order chi connectivity index (χ0) is 19.5. The van der Waals surface area contributed by atoms with Crippen molar-refractivity contribution in [2.45, 2.75) is 6.92 Å². The molecule has 1 amide bonds. The number of nitrogens with zero attached hydrogens (tertiary/aromatic N) is 1. The highest BCUT2D eigenvalue weighted by Crippen LogP contribution is 2.27. The molecule has 4 rings (SSSR count).